The third-order valence-electron chi connectivity index (χ3n) is 3.76. The van der Waals surface area contributed by atoms with Crippen molar-refractivity contribution in [3.63, 3.8) is 0 Å². The van der Waals surface area contributed by atoms with E-state index in [4.69, 9.17) is 4.84 Å². The van der Waals surface area contributed by atoms with Crippen LogP contribution in [0.25, 0.3) is 11.3 Å². The quantitative estimate of drug-likeness (QED) is 0.324. The number of hydrogen-bond acceptors (Lipinski definition) is 4. The third-order valence-corrected chi connectivity index (χ3v) is 3.76. The van der Waals surface area contributed by atoms with Crippen molar-refractivity contribution in [1.29, 1.82) is 0 Å². The Morgan fingerprint density at radius 1 is 0.962 bits per heavy atom. The summed E-state index contributed by atoms with van der Waals surface area (Å²) in [6.07, 6.45) is 8.11. The Balaban J connectivity index is 0.000000364. The standard InChI is InChI=1S/C15H14N2O.C5H4N.BrH.Zn/c1-18-17-15-9-8-11-12(5-4-6-13(11)15)14-7-2-3-10-16-14;1-2-4-6-5-3-1;;/h2-7,10H,8-9H2,1H3;1-4H;1H;/q;-1;;+2/p-1. The molecule has 2 aromatic heterocycles. The Kier molecular flexibility index (Phi) is 9.93. The van der Waals surface area contributed by atoms with Gasteiger partial charge < -0.3 is 26.8 Å². The predicted molar refractivity (Wildman–Crippen MR) is 94.6 cm³/mol. The van der Waals surface area contributed by atoms with E-state index in [0.29, 0.717) is 0 Å². The van der Waals surface area contributed by atoms with Gasteiger partial charge in [-0.1, -0.05) is 41.8 Å². The molecule has 0 amide bonds. The number of oxime groups is 1. The van der Waals surface area contributed by atoms with E-state index in [2.05, 4.69) is 39.5 Å². The van der Waals surface area contributed by atoms with Crippen LogP contribution in [-0.4, -0.2) is 22.8 Å². The van der Waals surface area contributed by atoms with Gasteiger partial charge in [-0.15, -0.1) is 0 Å². The first-order valence-electron chi connectivity index (χ1n) is 7.81. The van der Waals surface area contributed by atoms with Gasteiger partial charge in [-0.25, -0.2) is 0 Å². The number of halogens is 1. The Hall–Kier alpha value is -1.91. The van der Waals surface area contributed by atoms with Gasteiger partial charge in [0.2, 0.25) is 0 Å². The first-order chi connectivity index (χ1) is 11.9. The van der Waals surface area contributed by atoms with E-state index in [0.717, 1.165) is 24.2 Å². The largest absolute Gasteiger partial charge is 2.00 e. The molecule has 4 rings (SSSR count). The van der Waals surface area contributed by atoms with Gasteiger partial charge in [-0.05, 0) is 30.5 Å². The molecule has 2 heterocycles. The fourth-order valence-electron chi connectivity index (χ4n) is 2.75. The minimum Gasteiger partial charge on any atom is -1.00 e. The van der Waals surface area contributed by atoms with E-state index < -0.39 is 0 Å². The smallest absolute Gasteiger partial charge is 1.00 e. The van der Waals surface area contributed by atoms with Crippen molar-refractivity contribution < 1.29 is 41.3 Å². The van der Waals surface area contributed by atoms with Gasteiger partial charge in [-0.2, -0.15) is 18.2 Å². The molecule has 0 bridgehead atoms. The summed E-state index contributed by atoms with van der Waals surface area (Å²) in [7, 11) is 1.59. The maximum Gasteiger partial charge on any atom is 2.00 e. The molecule has 0 fully saturated rings. The number of pyridine rings is 2. The fraction of sp³-hybridized carbons (Fsp3) is 0.150. The molecule has 0 spiro atoms. The molecular formula is C20H18BrN3OZn. The number of rotatable bonds is 2. The third kappa shape index (κ3) is 5.55. The molecule has 0 aliphatic heterocycles. The molecule has 26 heavy (non-hydrogen) atoms. The van der Waals surface area contributed by atoms with E-state index in [1.165, 1.54) is 16.7 Å². The Morgan fingerprint density at radius 2 is 1.77 bits per heavy atom. The maximum atomic E-state index is 4.90. The van der Waals surface area contributed by atoms with Gasteiger partial charge in [0.05, 0.1) is 11.4 Å². The van der Waals surface area contributed by atoms with Crippen molar-refractivity contribution in [1.82, 2.24) is 9.97 Å². The molecule has 4 nitrogen and oxygen atoms in total. The summed E-state index contributed by atoms with van der Waals surface area (Å²) in [5, 5.41) is 4.10. The van der Waals surface area contributed by atoms with Gasteiger partial charge >= 0.3 is 19.5 Å². The summed E-state index contributed by atoms with van der Waals surface area (Å²) in [4.78, 5) is 13.0. The molecule has 0 saturated carbocycles. The van der Waals surface area contributed by atoms with Crippen molar-refractivity contribution in [3.8, 4) is 11.3 Å². The van der Waals surface area contributed by atoms with E-state index in [9.17, 15) is 0 Å². The van der Waals surface area contributed by atoms with Crippen molar-refractivity contribution >= 4 is 5.71 Å². The van der Waals surface area contributed by atoms with Crippen LogP contribution >= 0.6 is 0 Å². The number of nitrogens with zero attached hydrogens (tertiary/aromatic N) is 3. The van der Waals surface area contributed by atoms with Crippen LogP contribution in [0.4, 0.5) is 0 Å². The van der Waals surface area contributed by atoms with Gasteiger partial charge in [-0.3, -0.25) is 4.98 Å². The predicted octanol–water partition coefficient (Wildman–Crippen LogP) is 0.929. The summed E-state index contributed by atoms with van der Waals surface area (Å²) in [6.45, 7) is 0. The topological polar surface area (TPSA) is 47.4 Å². The van der Waals surface area contributed by atoms with Gasteiger partial charge in [0.15, 0.2) is 0 Å². The van der Waals surface area contributed by atoms with E-state index in [1.807, 2.05) is 36.5 Å². The van der Waals surface area contributed by atoms with Crippen LogP contribution < -0.4 is 17.0 Å². The van der Waals surface area contributed by atoms with Crippen LogP contribution in [0.3, 0.4) is 0 Å². The van der Waals surface area contributed by atoms with Crippen molar-refractivity contribution in [3.05, 3.63) is 84.3 Å². The second-order valence-corrected chi connectivity index (χ2v) is 5.23. The van der Waals surface area contributed by atoms with Crippen molar-refractivity contribution in [2.75, 3.05) is 7.11 Å². The zero-order valence-corrected chi connectivity index (χ0v) is 19.2. The van der Waals surface area contributed by atoms with Crippen LogP contribution in [0.15, 0.2) is 72.1 Å². The molecule has 3 aromatic rings. The van der Waals surface area contributed by atoms with Crippen LogP contribution in [-0.2, 0) is 30.7 Å². The summed E-state index contributed by atoms with van der Waals surface area (Å²) in [5.74, 6) is 0. The zero-order valence-electron chi connectivity index (χ0n) is 14.6. The second kappa shape index (κ2) is 11.7. The fourth-order valence-corrected chi connectivity index (χ4v) is 2.75. The molecule has 128 valence electrons. The minimum atomic E-state index is 0. The first kappa shape index (κ1) is 22.1. The number of hydrogen-bond donors (Lipinski definition) is 0. The number of aromatic nitrogens is 2. The van der Waals surface area contributed by atoms with Gasteiger partial charge in [0, 0.05) is 17.3 Å². The number of fused-ring (bicyclic) bond motifs is 1. The Labute approximate surface area is 177 Å². The maximum absolute atomic E-state index is 4.90. The SMILES string of the molecule is CON=C1CCc2c1cccc2-c1ccccn1.[Br-].[Zn+2].[c-]1ccccn1. The molecule has 0 radical (unpaired) electrons. The molecule has 6 heteroatoms. The summed E-state index contributed by atoms with van der Waals surface area (Å²) < 4.78 is 0. The van der Waals surface area contributed by atoms with Crippen LogP contribution in [0.2, 0.25) is 0 Å². The van der Waals surface area contributed by atoms with Gasteiger partial charge in [0.25, 0.3) is 0 Å². The normalized spacial score (nSPS) is 12.7. The van der Waals surface area contributed by atoms with E-state index >= 15 is 0 Å². The summed E-state index contributed by atoms with van der Waals surface area (Å²) >= 11 is 0. The average Bonchev–Trinajstić information content (AvgIpc) is 3.08. The van der Waals surface area contributed by atoms with E-state index in [1.54, 1.807) is 19.4 Å². The molecule has 1 aliphatic carbocycles. The van der Waals surface area contributed by atoms with Gasteiger partial charge in [0.1, 0.15) is 7.11 Å². The molecule has 0 saturated heterocycles. The number of benzene rings is 1. The van der Waals surface area contributed by atoms with E-state index in [-0.39, 0.29) is 36.5 Å². The minimum absolute atomic E-state index is 0. The van der Waals surface area contributed by atoms with Crippen LogP contribution in [0.1, 0.15) is 17.5 Å². The molecule has 0 unspecified atom stereocenters. The first-order valence-corrected chi connectivity index (χ1v) is 7.81. The monoisotopic (exact) mass is 459 g/mol. The molecule has 1 aromatic carbocycles. The molecule has 0 atom stereocenters. The van der Waals surface area contributed by atoms with Crippen LogP contribution in [0.5, 0.6) is 0 Å². The molecule has 1 aliphatic rings. The average molecular weight is 462 g/mol. The summed E-state index contributed by atoms with van der Waals surface area (Å²) in [6, 6.07) is 17.8. The summed E-state index contributed by atoms with van der Waals surface area (Å²) in [5.41, 5.74) is 5.78. The molecule has 0 N–H and O–H groups in total. The Morgan fingerprint density at radius 3 is 2.35 bits per heavy atom. The van der Waals surface area contributed by atoms with Crippen molar-refractivity contribution in [2.24, 2.45) is 5.16 Å². The van der Waals surface area contributed by atoms with Crippen molar-refractivity contribution in [2.45, 2.75) is 12.8 Å². The second-order valence-electron chi connectivity index (χ2n) is 5.23. The zero-order chi connectivity index (χ0) is 16.6. The molecular weight excluding hydrogens is 444 g/mol. The van der Waals surface area contributed by atoms with Crippen LogP contribution in [0, 0.1) is 6.20 Å². The Bertz CT molecular complexity index is 787.